The summed E-state index contributed by atoms with van der Waals surface area (Å²) in [6.45, 7) is 8.23. The summed E-state index contributed by atoms with van der Waals surface area (Å²) in [5, 5.41) is 0. The first-order valence-corrected chi connectivity index (χ1v) is 4.46. The normalized spacial score (nSPS) is 10.4. The van der Waals surface area contributed by atoms with Crippen molar-refractivity contribution in [1.29, 1.82) is 0 Å². The number of benzene rings is 1. The minimum absolute atomic E-state index is 0.878. The van der Waals surface area contributed by atoms with Crippen LogP contribution in [0.5, 0.6) is 0 Å². The molecule has 1 aromatic carbocycles. The molecule has 0 saturated carbocycles. The van der Waals surface area contributed by atoms with E-state index in [0.29, 0.717) is 0 Å². The molecule has 0 aromatic heterocycles. The van der Waals surface area contributed by atoms with Crippen molar-refractivity contribution in [2.24, 2.45) is 0 Å². The Morgan fingerprint density at radius 3 is 1.83 bits per heavy atom. The van der Waals surface area contributed by atoms with Crippen LogP contribution in [-0.4, -0.2) is 0 Å². The van der Waals surface area contributed by atoms with Crippen LogP contribution < -0.4 is 5.73 Å². The predicted molar refractivity (Wildman–Crippen MR) is 57.1 cm³/mol. The summed E-state index contributed by atoms with van der Waals surface area (Å²) in [6, 6.07) is 0. The Morgan fingerprint density at radius 2 is 1.33 bits per heavy atom. The lowest BCUT2D eigenvalue weighted by Gasteiger charge is -2.14. The Labute approximate surface area is 79.4 Å². The molecule has 2 heteroatoms. The summed E-state index contributed by atoms with van der Waals surface area (Å²) in [5.41, 5.74) is 11.6. The van der Waals surface area contributed by atoms with E-state index in [2.05, 4.69) is 33.4 Å². The highest BCUT2D eigenvalue weighted by molar-refractivity contribution is 7.80. The standard InChI is InChI=1S/C10H15NS/c1-5-6(2)9(11)8(4)10(12)7(5)3/h12H,11H2,1-4H3. The predicted octanol–water partition coefficient (Wildman–Crippen LogP) is 2.79. The molecule has 1 nitrogen and oxygen atoms in total. The molecule has 1 aromatic rings. The molecule has 0 aliphatic heterocycles. The highest BCUT2D eigenvalue weighted by Gasteiger charge is 2.09. The molecule has 0 radical (unpaired) electrons. The molecule has 0 unspecified atom stereocenters. The molecule has 1 rings (SSSR count). The zero-order chi connectivity index (χ0) is 9.46. The minimum atomic E-state index is 0.878. The number of hydrogen-bond acceptors (Lipinski definition) is 2. The Hall–Kier alpha value is -0.630. The third kappa shape index (κ3) is 1.20. The first kappa shape index (κ1) is 9.46. The zero-order valence-electron chi connectivity index (χ0n) is 8.02. The van der Waals surface area contributed by atoms with Gasteiger partial charge in [0, 0.05) is 10.6 Å². The van der Waals surface area contributed by atoms with Gasteiger partial charge < -0.3 is 5.73 Å². The first-order chi connectivity index (χ1) is 5.46. The highest BCUT2D eigenvalue weighted by Crippen LogP contribution is 2.30. The summed E-state index contributed by atoms with van der Waals surface area (Å²) in [5.74, 6) is 0. The second-order valence-corrected chi connectivity index (χ2v) is 3.71. The van der Waals surface area contributed by atoms with E-state index in [4.69, 9.17) is 5.73 Å². The average molecular weight is 181 g/mol. The molecular formula is C10H15NS. The van der Waals surface area contributed by atoms with Crippen LogP contribution in [0.2, 0.25) is 0 Å². The maximum absolute atomic E-state index is 5.90. The third-order valence-electron chi connectivity index (χ3n) is 2.64. The summed E-state index contributed by atoms with van der Waals surface area (Å²) in [7, 11) is 0. The Bertz CT molecular complexity index is 224. The van der Waals surface area contributed by atoms with Crippen molar-refractivity contribution < 1.29 is 0 Å². The summed E-state index contributed by atoms with van der Waals surface area (Å²) in [6.07, 6.45) is 0. The van der Waals surface area contributed by atoms with Crippen molar-refractivity contribution in [2.45, 2.75) is 32.6 Å². The van der Waals surface area contributed by atoms with Gasteiger partial charge in [0.25, 0.3) is 0 Å². The molecular weight excluding hydrogens is 166 g/mol. The van der Waals surface area contributed by atoms with Gasteiger partial charge in [-0.05, 0) is 49.9 Å². The molecule has 0 saturated heterocycles. The van der Waals surface area contributed by atoms with E-state index in [9.17, 15) is 0 Å². The minimum Gasteiger partial charge on any atom is -0.398 e. The van der Waals surface area contributed by atoms with Crippen molar-refractivity contribution in [1.82, 2.24) is 0 Å². The fraction of sp³-hybridized carbons (Fsp3) is 0.400. The van der Waals surface area contributed by atoms with E-state index < -0.39 is 0 Å². The van der Waals surface area contributed by atoms with Crippen LogP contribution in [-0.2, 0) is 0 Å². The van der Waals surface area contributed by atoms with Gasteiger partial charge in [0.2, 0.25) is 0 Å². The van der Waals surface area contributed by atoms with Gasteiger partial charge in [-0.2, -0.15) is 0 Å². The van der Waals surface area contributed by atoms with Gasteiger partial charge in [0.1, 0.15) is 0 Å². The molecule has 0 amide bonds. The molecule has 0 fully saturated rings. The number of rotatable bonds is 0. The lowest BCUT2D eigenvalue weighted by molar-refractivity contribution is 1.15. The van der Waals surface area contributed by atoms with E-state index in [1.807, 2.05) is 6.92 Å². The van der Waals surface area contributed by atoms with E-state index >= 15 is 0 Å². The van der Waals surface area contributed by atoms with Crippen LogP contribution in [0.15, 0.2) is 4.90 Å². The number of nitrogens with two attached hydrogens (primary N) is 1. The number of nitrogen functional groups attached to an aromatic ring is 1. The van der Waals surface area contributed by atoms with Crippen molar-refractivity contribution in [3.63, 3.8) is 0 Å². The smallest absolute Gasteiger partial charge is 0.0387 e. The highest BCUT2D eigenvalue weighted by atomic mass is 32.1. The number of hydrogen-bond donors (Lipinski definition) is 2. The van der Waals surface area contributed by atoms with Crippen molar-refractivity contribution in [2.75, 3.05) is 5.73 Å². The quantitative estimate of drug-likeness (QED) is 0.467. The SMILES string of the molecule is Cc1c(C)c(N)c(C)c(S)c1C. The molecule has 0 spiro atoms. The van der Waals surface area contributed by atoms with E-state index in [1.54, 1.807) is 0 Å². The third-order valence-corrected chi connectivity index (χ3v) is 3.31. The van der Waals surface area contributed by atoms with E-state index in [0.717, 1.165) is 16.1 Å². The second kappa shape index (κ2) is 3.02. The average Bonchev–Trinajstić information content (AvgIpc) is 2.08. The molecule has 0 atom stereocenters. The molecule has 66 valence electrons. The molecule has 2 N–H and O–H groups in total. The van der Waals surface area contributed by atoms with Crippen LogP contribution in [0, 0.1) is 27.7 Å². The fourth-order valence-corrected chi connectivity index (χ4v) is 1.64. The summed E-state index contributed by atoms with van der Waals surface area (Å²) < 4.78 is 0. The Balaban J connectivity index is 3.60. The second-order valence-electron chi connectivity index (χ2n) is 3.26. The van der Waals surface area contributed by atoms with Crippen molar-refractivity contribution >= 4 is 18.3 Å². The van der Waals surface area contributed by atoms with Crippen LogP contribution in [0.3, 0.4) is 0 Å². The molecule has 0 bridgehead atoms. The molecule has 12 heavy (non-hydrogen) atoms. The van der Waals surface area contributed by atoms with Gasteiger partial charge in [0.15, 0.2) is 0 Å². The van der Waals surface area contributed by atoms with E-state index in [1.165, 1.54) is 16.7 Å². The van der Waals surface area contributed by atoms with Gasteiger partial charge >= 0.3 is 0 Å². The first-order valence-electron chi connectivity index (χ1n) is 4.01. The number of thiol groups is 1. The Morgan fingerprint density at radius 1 is 0.833 bits per heavy atom. The topological polar surface area (TPSA) is 26.0 Å². The molecule has 0 aliphatic rings. The maximum atomic E-state index is 5.90. The van der Waals surface area contributed by atoms with Crippen molar-refractivity contribution in [3.05, 3.63) is 22.3 Å². The monoisotopic (exact) mass is 181 g/mol. The van der Waals surface area contributed by atoms with Crippen LogP contribution in [0.1, 0.15) is 22.3 Å². The van der Waals surface area contributed by atoms with Gasteiger partial charge in [-0.25, -0.2) is 0 Å². The maximum Gasteiger partial charge on any atom is 0.0387 e. The summed E-state index contributed by atoms with van der Waals surface area (Å²) >= 11 is 4.42. The fourth-order valence-electron chi connectivity index (χ4n) is 1.35. The number of anilines is 1. The van der Waals surface area contributed by atoms with E-state index in [-0.39, 0.29) is 0 Å². The van der Waals surface area contributed by atoms with Gasteiger partial charge in [0.05, 0.1) is 0 Å². The lowest BCUT2D eigenvalue weighted by atomic mass is 9.99. The van der Waals surface area contributed by atoms with Gasteiger partial charge in [-0.3, -0.25) is 0 Å². The van der Waals surface area contributed by atoms with Crippen LogP contribution in [0.25, 0.3) is 0 Å². The Kier molecular flexibility index (Phi) is 2.38. The molecule has 0 heterocycles. The largest absolute Gasteiger partial charge is 0.398 e. The van der Waals surface area contributed by atoms with Gasteiger partial charge in [-0.1, -0.05) is 0 Å². The lowest BCUT2D eigenvalue weighted by Crippen LogP contribution is -2.00. The van der Waals surface area contributed by atoms with Crippen LogP contribution >= 0.6 is 12.6 Å². The van der Waals surface area contributed by atoms with Crippen LogP contribution in [0.4, 0.5) is 5.69 Å². The van der Waals surface area contributed by atoms with Gasteiger partial charge in [-0.15, -0.1) is 12.6 Å². The van der Waals surface area contributed by atoms with Crippen molar-refractivity contribution in [3.8, 4) is 0 Å². The molecule has 0 aliphatic carbocycles. The summed E-state index contributed by atoms with van der Waals surface area (Å²) in [4.78, 5) is 1.02. The zero-order valence-corrected chi connectivity index (χ0v) is 8.92.